The zero-order chi connectivity index (χ0) is 19.5. The molecule has 2 heterocycles. The molecule has 5 nitrogen and oxygen atoms in total. The average Bonchev–Trinajstić information content (AvgIpc) is 2.71. The maximum absolute atomic E-state index is 13.5. The highest BCUT2D eigenvalue weighted by Crippen LogP contribution is 2.24. The van der Waals surface area contributed by atoms with Crippen LogP contribution in [0.2, 0.25) is 0 Å². The van der Waals surface area contributed by atoms with E-state index in [1.807, 2.05) is 43.3 Å². The molecule has 1 saturated heterocycles. The minimum atomic E-state index is -0.0465. The molecule has 6 heteroatoms. The van der Waals surface area contributed by atoms with Crippen molar-refractivity contribution in [2.45, 2.75) is 13.5 Å². The van der Waals surface area contributed by atoms with E-state index in [2.05, 4.69) is 16.3 Å². The minimum absolute atomic E-state index is 0.0465. The van der Waals surface area contributed by atoms with Crippen molar-refractivity contribution >= 4 is 24.1 Å². The van der Waals surface area contributed by atoms with Crippen LogP contribution in [-0.2, 0) is 6.54 Å². The molecule has 2 radical (unpaired) electrons. The fourth-order valence-corrected chi connectivity index (χ4v) is 3.78. The van der Waals surface area contributed by atoms with E-state index in [1.54, 1.807) is 10.6 Å². The van der Waals surface area contributed by atoms with E-state index in [9.17, 15) is 4.79 Å². The summed E-state index contributed by atoms with van der Waals surface area (Å²) in [6.07, 6.45) is 0. The lowest BCUT2D eigenvalue weighted by molar-refractivity contribution is 0.229. The summed E-state index contributed by atoms with van der Waals surface area (Å²) >= 11 is 0. The highest BCUT2D eigenvalue weighted by molar-refractivity contribution is 6.32. The van der Waals surface area contributed by atoms with Gasteiger partial charge in [0.1, 0.15) is 13.6 Å². The third-order valence-electron chi connectivity index (χ3n) is 5.12. The third kappa shape index (κ3) is 3.70. The van der Waals surface area contributed by atoms with Gasteiger partial charge in [0.2, 0.25) is 0 Å². The van der Waals surface area contributed by atoms with Crippen LogP contribution in [0.5, 0.6) is 5.75 Å². The van der Waals surface area contributed by atoms with Crippen LogP contribution in [0.15, 0.2) is 53.3 Å². The lowest BCUT2D eigenvalue weighted by Gasteiger charge is -2.28. The van der Waals surface area contributed by atoms with Crippen molar-refractivity contribution in [1.29, 1.82) is 0 Å². The molecule has 1 aromatic heterocycles. The summed E-state index contributed by atoms with van der Waals surface area (Å²) in [4.78, 5) is 15.9. The van der Waals surface area contributed by atoms with Crippen molar-refractivity contribution in [2.24, 2.45) is 0 Å². The molecule has 4 rings (SSSR count). The van der Waals surface area contributed by atoms with Gasteiger partial charge in [-0.2, -0.15) is 0 Å². The number of pyridine rings is 1. The Bertz CT molecular complexity index is 1040. The molecule has 1 aliphatic heterocycles. The van der Waals surface area contributed by atoms with Crippen LogP contribution >= 0.6 is 0 Å². The molecule has 0 atom stereocenters. The SMILES string of the molecule is [B]c1ccc(OCC)c(-n2c(CN3CCNCC3)cc3ccccc3c2=O)c1. The van der Waals surface area contributed by atoms with Crippen LogP contribution in [0.25, 0.3) is 16.5 Å². The summed E-state index contributed by atoms with van der Waals surface area (Å²) in [5.74, 6) is 0.663. The Morgan fingerprint density at radius 3 is 2.68 bits per heavy atom. The first-order valence-corrected chi connectivity index (χ1v) is 9.77. The quantitative estimate of drug-likeness (QED) is 0.690. The molecular formula is C22H24BN3O2. The largest absolute Gasteiger partial charge is 0.492 e. The van der Waals surface area contributed by atoms with Crippen LogP contribution in [0.1, 0.15) is 12.6 Å². The highest BCUT2D eigenvalue weighted by atomic mass is 16.5. The Kier molecular flexibility index (Phi) is 5.51. The molecule has 0 saturated carbocycles. The van der Waals surface area contributed by atoms with Gasteiger partial charge in [0.05, 0.1) is 12.3 Å². The fourth-order valence-electron chi connectivity index (χ4n) is 3.78. The predicted molar refractivity (Wildman–Crippen MR) is 114 cm³/mol. The van der Waals surface area contributed by atoms with Gasteiger partial charge in [-0.05, 0) is 36.6 Å². The molecule has 1 N–H and O–H groups in total. The second kappa shape index (κ2) is 8.21. The van der Waals surface area contributed by atoms with E-state index in [1.165, 1.54) is 0 Å². The molecule has 0 aliphatic carbocycles. The van der Waals surface area contributed by atoms with Gasteiger partial charge in [0.15, 0.2) is 0 Å². The van der Waals surface area contributed by atoms with Gasteiger partial charge in [-0.25, -0.2) is 0 Å². The Morgan fingerprint density at radius 1 is 1.11 bits per heavy atom. The standard InChI is InChI=1S/C22H24BN3O2/c1-2-28-21-8-7-17(23)14-20(21)26-18(15-25-11-9-24-10-12-25)13-16-5-3-4-6-19(16)22(26)27/h3-8,13-14,24H,2,9-12,15H2,1H3. The molecule has 1 aliphatic rings. The molecular weight excluding hydrogens is 349 g/mol. The number of rotatable bonds is 5. The Morgan fingerprint density at radius 2 is 1.89 bits per heavy atom. The molecule has 142 valence electrons. The number of fused-ring (bicyclic) bond motifs is 1. The maximum atomic E-state index is 13.5. The second-order valence-corrected chi connectivity index (χ2v) is 7.05. The fraction of sp³-hybridized carbons (Fsp3) is 0.318. The van der Waals surface area contributed by atoms with Crippen LogP contribution in [0.4, 0.5) is 0 Å². The Hall–Kier alpha value is -2.57. The van der Waals surface area contributed by atoms with Gasteiger partial charge < -0.3 is 10.1 Å². The van der Waals surface area contributed by atoms with Crippen molar-refractivity contribution in [3.05, 3.63) is 64.6 Å². The zero-order valence-electron chi connectivity index (χ0n) is 16.1. The molecule has 0 spiro atoms. The van der Waals surface area contributed by atoms with Crippen molar-refractivity contribution in [3.63, 3.8) is 0 Å². The van der Waals surface area contributed by atoms with Crippen LogP contribution < -0.4 is 21.1 Å². The first kappa shape index (κ1) is 18.8. The maximum Gasteiger partial charge on any atom is 0.263 e. The summed E-state index contributed by atoms with van der Waals surface area (Å²) in [5.41, 5.74) is 2.20. The lowest BCUT2D eigenvalue weighted by Crippen LogP contribution is -2.43. The van der Waals surface area contributed by atoms with E-state index in [0.29, 0.717) is 35.4 Å². The number of aromatic nitrogens is 1. The van der Waals surface area contributed by atoms with Crippen molar-refractivity contribution in [2.75, 3.05) is 32.8 Å². The van der Waals surface area contributed by atoms with Crippen LogP contribution in [0, 0.1) is 0 Å². The highest BCUT2D eigenvalue weighted by Gasteiger charge is 2.18. The van der Waals surface area contributed by atoms with Gasteiger partial charge in [-0.1, -0.05) is 29.7 Å². The number of benzene rings is 2. The van der Waals surface area contributed by atoms with E-state index < -0.39 is 0 Å². The van der Waals surface area contributed by atoms with Crippen LogP contribution in [-0.4, -0.2) is 50.1 Å². The number of nitrogens with zero attached hydrogens (tertiary/aromatic N) is 2. The number of hydrogen-bond acceptors (Lipinski definition) is 4. The topological polar surface area (TPSA) is 46.5 Å². The third-order valence-corrected chi connectivity index (χ3v) is 5.12. The Labute approximate surface area is 166 Å². The van der Waals surface area contributed by atoms with E-state index in [0.717, 1.165) is 37.3 Å². The molecule has 28 heavy (non-hydrogen) atoms. The first-order chi connectivity index (χ1) is 13.7. The predicted octanol–water partition coefficient (Wildman–Crippen LogP) is 1.59. The lowest BCUT2D eigenvalue weighted by atomic mass is 9.95. The summed E-state index contributed by atoms with van der Waals surface area (Å²) in [6.45, 7) is 6.98. The summed E-state index contributed by atoms with van der Waals surface area (Å²) < 4.78 is 7.59. The van der Waals surface area contributed by atoms with E-state index in [-0.39, 0.29) is 5.56 Å². The number of nitrogens with one attached hydrogen (secondary N) is 1. The molecule has 2 aromatic carbocycles. The summed E-state index contributed by atoms with van der Waals surface area (Å²) in [5, 5.41) is 5.02. The van der Waals surface area contributed by atoms with Crippen LogP contribution in [0.3, 0.4) is 0 Å². The average molecular weight is 373 g/mol. The number of hydrogen-bond donors (Lipinski definition) is 1. The van der Waals surface area contributed by atoms with E-state index >= 15 is 0 Å². The van der Waals surface area contributed by atoms with Crippen molar-refractivity contribution < 1.29 is 4.74 Å². The van der Waals surface area contributed by atoms with E-state index in [4.69, 9.17) is 12.6 Å². The molecule has 3 aromatic rings. The van der Waals surface area contributed by atoms with Gasteiger partial charge in [0, 0.05) is 43.8 Å². The molecule has 0 unspecified atom stereocenters. The van der Waals surface area contributed by atoms with Gasteiger partial charge in [-0.3, -0.25) is 14.3 Å². The normalized spacial score (nSPS) is 15.0. The molecule has 0 amide bonds. The first-order valence-electron chi connectivity index (χ1n) is 9.77. The smallest absolute Gasteiger partial charge is 0.263 e. The second-order valence-electron chi connectivity index (χ2n) is 7.05. The number of ether oxygens (including phenoxy) is 1. The number of piperazine rings is 1. The summed E-state index contributed by atoms with van der Waals surface area (Å²) in [7, 11) is 6.07. The molecule has 1 fully saturated rings. The van der Waals surface area contributed by atoms with Gasteiger partial charge in [0.25, 0.3) is 5.56 Å². The monoisotopic (exact) mass is 373 g/mol. The van der Waals surface area contributed by atoms with Crippen molar-refractivity contribution in [1.82, 2.24) is 14.8 Å². The zero-order valence-corrected chi connectivity index (χ0v) is 16.1. The Balaban J connectivity index is 1.93. The van der Waals surface area contributed by atoms with Gasteiger partial charge >= 0.3 is 0 Å². The summed E-state index contributed by atoms with van der Waals surface area (Å²) in [6, 6.07) is 15.3. The van der Waals surface area contributed by atoms with Crippen molar-refractivity contribution in [3.8, 4) is 11.4 Å². The minimum Gasteiger partial charge on any atom is -0.492 e. The van der Waals surface area contributed by atoms with Gasteiger partial charge in [-0.15, -0.1) is 0 Å². The molecule has 0 bridgehead atoms.